The molecule has 174 valence electrons. The minimum absolute atomic E-state index is 0.0310. The third-order valence-electron chi connectivity index (χ3n) is 6.19. The number of benzene rings is 1. The molecule has 0 bridgehead atoms. The first-order valence-corrected chi connectivity index (χ1v) is 13.0. The standard InChI is InChI=1S/C25H25N5O3S/c1-16-3-5-19(6-4-16)22-13-21(25(31)27-14-18-7-10-26-11-8-18)23-17(2)29-30(24(23)28-22)20-9-12-34(32,33)15-20/h3-8,10-11,13,20H,9,12,14-15H2,1-2H3,(H,27,31)/t20-/m1/s1. The van der Waals surface area contributed by atoms with Crippen molar-refractivity contribution in [2.45, 2.75) is 32.9 Å². The molecule has 1 aliphatic heterocycles. The molecule has 1 aliphatic rings. The van der Waals surface area contributed by atoms with Crippen molar-refractivity contribution in [3.63, 3.8) is 0 Å². The molecule has 0 aliphatic carbocycles. The van der Waals surface area contributed by atoms with E-state index in [1.807, 2.05) is 50.2 Å². The maximum atomic E-state index is 13.4. The molecule has 0 unspecified atom stereocenters. The smallest absolute Gasteiger partial charge is 0.252 e. The average Bonchev–Trinajstić information content (AvgIpc) is 3.36. The van der Waals surface area contributed by atoms with Gasteiger partial charge < -0.3 is 5.32 Å². The monoisotopic (exact) mass is 475 g/mol. The second-order valence-electron chi connectivity index (χ2n) is 8.74. The largest absolute Gasteiger partial charge is 0.348 e. The molecule has 8 nitrogen and oxygen atoms in total. The molecule has 0 spiro atoms. The average molecular weight is 476 g/mol. The van der Waals surface area contributed by atoms with Gasteiger partial charge in [0.2, 0.25) is 0 Å². The molecule has 4 aromatic rings. The fourth-order valence-corrected chi connectivity index (χ4v) is 6.06. The molecular formula is C25H25N5O3S. The second kappa shape index (κ2) is 8.64. The quantitative estimate of drug-likeness (QED) is 0.474. The van der Waals surface area contributed by atoms with Crippen molar-refractivity contribution in [2.24, 2.45) is 0 Å². The van der Waals surface area contributed by atoms with E-state index in [4.69, 9.17) is 4.98 Å². The van der Waals surface area contributed by atoms with E-state index in [1.165, 1.54) is 0 Å². The topological polar surface area (TPSA) is 107 Å². The van der Waals surface area contributed by atoms with Crippen LogP contribution in [0.1, 0.15) is 39.6 Å². The lowest BCUT2D eigenvalue weighted by Gasteiger charge is -2.12. The van der Waals surface area contributed by atoms with Crippen LogP contribution < -0.4 is 5.32 Å². The molecule has 1 amide bonds. The number of nitrogens with zero attached hydrogens (tertiary/aromatic N) is 4. The number of aryl methyl sites for hydroxylation is 2. The summed E-state index contributed by atoms with van der Waals surface area (Å²) in [5, 5.41) is 8.28. The van der Waals surface area contributed by atoms with Crippen LogP contribution in [0.5, 0.6) is 0 Å². The van der Waals surface area contributed by atoms with E-state index in [1.54, 1.807) is 23.1 Å². The minimum Gasteiger partial charge on any atom is -0.348 e. The van der Waals surface area contributed by atoms with E-state index in [0.717, 1.165) is 16.7 Å². The lowest BCUT2D eigenvalue weighted by Crippen LogP contribution is -2.23. The fourth-order valence-electron chi connectivity index (χ4n) is 4.37. The van der Waals surface area contributed by atoms with Gasteiger partial charge in [-0.3, -0.25) is 9.78 Å². The number of carbonyl (C=O) groups is 1. The summed E-state index contributed by atoms with van der Waals surface area (Å²) >= 11 is 0. The van der Waals surface area contributed by atoms with Crippen LogP contribution in [-0.2, 0) is 16.4 Å². The van der Waals surface area contributed by atoms with Crippen molar-refractivity contribution in [3.8, 4) is 11.3 Å². The van der Waals surface area contributed by atoms with Gasteiger partial charge in [0.05, 0.1) is 39.9 Å². The van der Waals surface area contributed by atoms with Gasteiger partial charge >= 0.3 is 0 Å². The number of hydrogen-bond acceptors (Lipinski definition) is 6. The van der Waals surface area contributed by atoms with Crippen molar-refractivity contribution < 1.29 is 13.2 Å². The van der Waals surface area contributed by atoms with Gasteiger partial charge in [0.25, 0.3) is 5.91 Å². The molecule has 1 fully saturated rings. The van der Waals surface area contributed by atoms with E-state index >= 15 is 0 Å². The van der Waals surface area contributed by atoms with Crippen LogP contribution in [0.4, 0.5) is 0 Å². The first-order chi connectivity index (χ1) is 16.3. The van der Waals surface area contributed by atoms with Crippen molar-refractivity contribution in [1.82, 2.24) is 25.1 Å². The number of hydrogen-bond donors (Lipinski definition) is 1. The van der Waals surface area contributed by atoms with E-state index in [0.29, 0.717) is 41.0 Å². The van der Waals surface area contributed by atoms with E-state index in [2.05, 4.69) is 15.4 Å². The Hall–Kier alpha value is -3.59. The highest BCUT2D eigenvalue weighted by atomic mass is 32.2. The van der Waals surface area contributed by atoms with Gasteiger partial charge in [-0.1, -0.05) is 29.8 Å². The molecule has 1 aromatic carbocycles. The van der Waals surface area contributed by atoms with Gasteiger partial charge in [0.1, 0.15) is 0 Å². The van der Waals surface area contributed by atoms with Crippen molar-refractivity contribution in [2.75, 3.05) is 11.5 Å². The predicted octanol–water partition coefficient (Wildman–Crippen LogP) is 3.40. The minimum atomic E-state index is -3.11. The summed E-state index contributed by atoms with van der Waals surface area (Å²) in [7, 11) is -3.11. The Morgan fingerprint density at radius 2 is 1.85 bits per heavy atom. The van der Waals surface area contributed by atoms with Crippen LogP contribution in [0.3, 0.4) is 0 Å². The maximum absolute atomic E-state index is 13.4. The zero-order valence-corrected chi connectivity index (χ0v) is 19.8. The number of nitrogens with one attached hydrogen (secondary N) is 1. The Morgan fingerprint density at radius 3 is 2.53 bits per heavy atom. The highest BCUT2D eigenvalue weighted by molar-refractivity contribution is 7.91. The lowest BCUT2D eigenvalue weighted by atomic mass is 10.0. The van der Waals surface area contributed by atoms with Gasteiger partial charge in [0.15, 0.2) is 15.5 Å². The first kappa shape index (κ1) is 22.2. The number of sulfone groups is 1. The third-order valence-corrected chi connectivity index (χ3v) is 7.94. The van der Waals surface area contributed by atoms with Crippen molar-refractivity contribution in [3.05, 3.63) is 77.2 Å². The summed E-state index contributed by atoms with van der Waals surface area (Å²) < 4.78 is 26.0. The molecule has 5 rings (SSSR count). The number of rotatable bonds is 5. The molecule has 0 radical (unpaired) electrons. The Morgan fingerprint density at radius 1 is 1.12 bits per heavy atom. The summed E-state index contributed by atoms with van der Waals surface area (Å²) in [6.45, 7) is 4.20. The number of amides is 1. The molecule has 4 heterocycles. The van der Waals surface area contributed by atoms with Crippen LogP contribution in [-0.4, -0.2) is 45.6 Å². The van der Waals surface area contributed by atoms with Gasteiger partial charge in [0, 0.05) is 24.5 Å². The molecule has 34 heavy (non-hydrogen) atoms. The van der Waals surface area contributed by atoms with E-state index < -0.39 is 9.84 Å². The SMILES string of the molecule is Cc1ccc(-c2cc(C(=O)NCc3ccncc3)c3c(C)nn([C@@H]4CCS(=O)(=O)C4)c3n2)cc1. The fraction of sp³-hybridized carbons (Fsp3) is 0.280. The van der Waals surface area contributed by atoms with Gasteiger partial charge in [-0.25, -0.2) is 18.1 Å². The number of fused-ring (bicyclic) bond motifs is 1. The molecule has 3 aromatic heterocycles. The highest BCUT2D eigenvalue weighted by Crippen LogP contribution is 2.32. The molecule has 9 heteroatoms. The number of carbonyl (C=O) groups excluding carboxylic acids is 1. The van der Waals surface area contributed by atoms with Crippen LogP contribution in [0.25, 0.3) is 22.3 Å². The van der Waals surface area contributed by atoms with Crippen LogP contribution in [0.15, 0.2) is 54.9 Å². The molecule has 1 atom stereocenters. The second-order valence-corrected chi connectivity index (χ2v) is 11.0. The summed E-state index contributed by atoms with van der Waals surface area (Å²) in [6, 6.07) is 13.1. The van der Waals surface area contributed by atoms with Crippen LogP contribution in [0, 0.1) is 13.8 Å². The zero-order chi connectivity index (χ0) is 23.9. The van der Waals surface area contributed by atoms with Crippen LogP contribution >= 0.6 is 0 Å². The van der Waals surface area contributed by atoms with Crippen molar-refractivity contribution in [1.29, 1.82) is 0 Å². The maximum Gasteiger partial charge on any atom is 0.252 e. The number of pyridine rings is 2. The summed E-state index contributed by atoms with van der Waals surface area (Å²) in [5.74, 6) is -0.0719. The number of aromatic nitrogens is 4. The van der Waals surface area contributed by atoms with E-state index in [-0.39, 0.29) is 23.5 Å². The Kier molecular flexibility index (Phi) is 5.65. The summed E-state index contributed by atoms with van der Waals surface area (Å²) in [5.41, 5.74) is 5.24. The Labute approximate surface area is 198 Å². The normalized spacial score (nSPS) is 17.2. The molecule has 1 N–H and O–H groups in total. The Balaban J connectivity index is 1.62. The van der Waals surface area contributed by atoms with E-state index in [9.17, 15) is 13.2 Å². The summed E-state index contributed by atoms with van der Waals surface area (Å²) in [4.78, 5) is 22.2. The van der Waals surface area contributed by atoms with Gasteiger partial charge in [-0.15, -0.1) is 0 Å². The van der Waals surface area contributed by atoms with Gasteiger partial charge in [-0.05, 0) is 44.0 Å². The van der Waals surface area contributed by atoms with Crippen LogP contribution in [0.2, 0.25) is 0 Å². The predicted molar refractivity (Wildman–Crippen MR) is 130 cm³/mol. The molecule has 1 saturated heterocycles. The first-order valence-electron chi connectivity index (χ1n) is 11.2. The van der Waals surface area contributed by atoms with Crippen molar-refractivity contribution >= 4 is 26.8 Å². The molecular weight excluding hydrogens is 450 g/mol. The highest BCUT2D eigenvalue weighted by Gasteiger charge is 2.32. The lowest BCUT2D eigenvalue weighted by molar-refractivity contribution is 0.0952. The van der Waals surface area contributed by atoms with Gasteiger partial charge in [-0.2, -0.15) is 5.10 Å². The zero-order valence-electron chi connectivity index (χ0n) is 19.0. The molecule has 0 saturated carbocycles. The third kappa shape index (κ3) is 4.31. The summed E-state index contributed by atoms with van der Waals surface area (Å²) in [6.07, 6.45) is 3.86. The Bertz CT molecular complexity index is 1480.